The number of hydrogen-bond acceptors (Lipinski definition) is 4. The summed E-state index contributed by atoms with van der Waals surface area (Å²) >= 11 is 0. The zero-order valence-corrected chi connectivity index (χ0v) is 8.44. The van der Waals surface area contributed by atoms with Gasteiger partial charge in [-0.05, 0) is 20.8 Å². The van der Waals surface area contributed by atoms with Gasteiger partial charge in [0.15, 0.2) is 0 Å². The van der Waals surface area contributed by atoms with Crippen LogP contribution in [0.4, 0.5) is 0 Å². The van der Waals surface area contributed by atoms with Gasteiger partial charge in [0.2, 0.25) is 10.0 Å². The van der Waals surface area contributed by atoms with Gasteiger partial charge >= 0.3 is 0 Å². The van der Waals surface area contributed by atoms with Gasteiger partial charge in [-0.25, -0.2) is 19.0 Å². The third-order valence-corrected chi connectivity index (χ3v) is 2.88. The van der Waals surface area contributed by atoms with E-state index in [0.717, 1.165) is 0 Å². The fraction of sp³-hybridized carbons (Fsp3) is 1.00. The number of sulfonamides is 1. The summed E-state index contributed by atoms with van der Waals surface area (Å²) in [5.74, 6) is 4.90. The first-order valence-corrected chi connectivity index (χ1v) is 5.31. The van der Waals surface area contributed by atoms with Crippen molar-refractivity contribution in [1.82, 2.24) is 4.72 Å². The van der Waals surface area contributed by atoms with E-state index in [1.165, 1.54) is 0 Å². The predicted molar refractivity (Wildman–Crippen MR) is 46.8 cm³/mol. The van der Waals surface area contributed by atoms with Gasteiger partial charge in [-0.3, -0.25) is 0 Å². The Labute approximate surface area is 73.3 Å². The van der Waals surface area contributed by atoms with Gasteiger partial charge in [-0.15, -0.1) is 0 Å². The summed E-state index contributed by atoms with van der Waals surface area (Å²) < 4.78 is 24.6. The maximum absolute atomic E-state index is 11.1. The molecule has 5 nitrogen and oxygen atoms in total. The molecule has 0 radical (unpaired) electrons. The average Bonchev–Trinajstić information content (AvgIpc) is 1.85. The molecule has 0 heterocycles. The fourth-order valence-corrected chi connectivity index (χ4v) is 1.78. The minimum absolute atomic E-state index is 0.0565. The molecule has 0 amide bonds. The molecule has 0 saturated heterocycles. The standard InChI is InChI=1S/C6H16N2O3S/c1-4-12(9,10)8-6(2,3)5-11-7/h8H,4-5,7H2,1-3H3. The van der Waals surface area contributed by atoms with Gasteiger partial charge in [0.05, 0.1) is 17.9 Å². The van der Waals surface area contributed by atoms with E-state index in [4.69, 9.17) is 5.90 Å². The fourth-order valence-electron chi connectivity index (χ4n) is 0.731. The molecule has 74 valence electrons. The molecule has 0 aromatic rings. The molecule has 0 atom stereocenters. The van der Waals surface area contributed by atoms with Crippen molar-refractivity contribution in [1.29, 1.82) is 0 Å². The largest absolute Gasteiger partial charge is 0.303 e. The minimum Gasteiger partial charge on any atom is -0.303 e. The normalized spacial score (nSPS) is 13.3. The average molecular weight is 196 g/mol. The van der Waals surface area contributed by atoms with E-state index in [1.807, 2.05) is 0 Å². The topological polar surface area (TPSA) is 81.4 Å². The van der Waals surface area contributed by atoms with Crippen molar-refractivity contribution in [3.8, 4) is 0 Å². The zero-order chi connectivity index (χ0) is 9.83. The summed E-state index contributed by atoms with van der Waals surface area (Å²) in [5.41, 5.74) is -0.649. The number of nitrogens with two attached hydrogens (primary N) is 1. The van der Waals surface area contributed by atoms with Crippen molar-refractivity contribution in [3.63, 3.8) is 0 Å². The Bertz CT molecular complexity index is 223. The van der Waals surface area contributed by atoms with Crippen molar-refractivity contribution >= 4 is 10.0 Å². The van der Waals surface area contributed by atoms with Crippen LogP contribution < -0.4 is 10.6 Å². The summed E-state index contributed by atoms with van der Waals surface area (Å²) in [4.78, 5) is 4.37. The second-order valence-corrected chi connectivity index (χ2v) is 5.21. The lowest BCUT2D eigenvalue weighted by Crippen LogP contribution is -2.47. The lowest BCUT2D eigenvalue weighted by atomic mass is 10.1. The Morgan fingerprint density at radius 1 is 1.50 bits per heavy atom. The van der Waals surface area contributed by atoms with E-state index in [9.17, 15) is 8.42 Å². The highest BCUT2D eigenvalue weighted by Gasteiger charge is 2.23. The van der Waals surface area contributed by atoms with E-state index < -0.39 is 15.6 Å². The van der Waals surface area contributed by atoms with Crippen LogP contribution >= 0.6 is 0 Å². The monoisotopic (exact) mass is 196 g/mol. The van der Waals surface area contributed by atoms with Crippen LogP contribution in [0.5, 0.6) is 0 Å². The van der Waals surface area contributed by atoms with Crippen LogP contribution in [-0.2, 0) is 14.9 Å². The highest BCUT2D eigenvalue weighted by Crippen LogP contribution is 2.03. The van der Waals surface area contributed by atoms with Gasteiger partial charge in [-0.1, -0.05) is 0 Å². The van der Waals surface area contributed by atoms with Gasteiger partial charge in [0.1, 0.15) is 0 Å². The zero-order valence-electron chi connectivity index (χ0n) is 7.62. The van der Waals surface area contributed by atoms with E-state index in [0.29, 0.717) is 0 Å². The third-order valence-electron chi connectivity index (χ3n) is 1.26. The first kappa shape index (κ1) is 11.8. The van der Waals surface area contributed by atoms with Crippen molar-refractivity contribution < 1.29 is 13.3 Å². The first-order valence-electron chi connectivity index (χ1n) is 3.66. The van der Waals surface area contributed by atoms with E-state index >= 15 is 0 Å². The summed E-state index contributed by atoms with van der Waals surface area (Å²) in [7, 11) is -3.18. The molecule has 0 aliphatic rings. The molecule has 0 spiro atoms. The van der Waals surface area contributed by atoms with Crippen LogP contribution in [0, 0.1) is 0 Å². The Kier molecular flexibility index (Phi) is 4.12. The number of nitrogens with one attached hydrogen (secondary N) is 1. The van der Waals surface area contributed by atoms with E-state index in [2.05, 4.69) is 9.56 Å². The summed E-state index contributed by atoms with van der Waals surface area (Å²) in [6.07, 6.45) is 0. The Morgan fingerprint density at radius 3 is 2.33 bits per heavy atom. The van der Waals surface area contributed by atoms with E-state index in [1.54, 1.807) is 20.8 Å². The molecule has 0 aliphatic carbocycles. The molecule has 3 N–H and O–H groups in total. The molecule has 0 saturated carbocycles. The van der Waals surface area contributed by atoms with Gasteiger partial charge in [0, 0.05) is 0 Å². The van der Waals surface area contributed by atoms with Crippen molar-refractivity contribution in [3.05, 3.63) is 0 Å². The Hall–Kier alpha value is -0.170. The highest BCUT2D eigenvalue weighted by molar-refractivity contribution is 7.89. The molecule has 0 rings (SSSR count). The van der Waals surface area contributed by atoms with E-state index in [-0.39, 0.29) is 12.4 Å². The van der Waals surface area contributed by atoms with Crippen molar-refractivity contribution in [2.24, 2.45) is 5.90 Å². The summed E-state index contributed by atoms with van der Waals surface area (Å²) in [5, 5.41) is 0. The third kappa shape index (κ3) is 4.66. The van der Waals surface area contributed by atoms with Gasteiger partial charge in [0.25, 0.3) is 0 Å². The van der Waals surface area contributed by atoms with Crippen molar-refractivity contribution in [2.75, 3.05) is 12.4 Å². The minimum atomic E-state index is -3.18. The second-order valence-electron chi connectivity index (χ2n) is 3.20. The lowest BCUT2D eigenvalue weighted by Gasteiger charge is -2.23. The van der Waals surface area contributed by atoms with Crippen LogP contribution in [0.15, 0.2) is 0 Å². The van der Waals surface area contributed by atoms with Gasteiger partial charge in [-0.2, -0.15) is 0 Å². The molecule has 0 unspecified atom stereocenters. The molecular weight excluding hydrogens is 180 g/mol. The Balaban J connectivity index is 4.24. The molecule has 12 heavy (non-hydrogen) atoms. The van der Waals surface area contributed by atoms with Crippen LogP contribution in [0.3, 0.4) is 0 Å². The second kappa shape index (κ2) is 4.18. The quantitative estimate of drug-likeness (QED) is 0.586. The van der Waals surface area contributed by atoms with Crippen molar-refractivity contribution in [2.45, 2.75) is 26.3 Å². The van der Waals surface area contributed by atoms with Crippen LogP contribution in [0.2, 0.25) is 0 Å². The highest BCUT2D eigenvalue weighted by atomic mass is 32.2. The lowest BCUT2D eigenvalue weighted by molar-refractivity contribution is 0.0929. The maximum atomic E-state index is 11.1. The number of hydrogen-bond donors (Lipinski definition) is 2. The molecular formula is C6H16N2O3S. The summed E-state index contributed by atoms with van der Waals surface area (Å²) in [6.45, 7) is 5.12. The molecule has 0 aliphatic heterocycles. The molecule has 0 aromatic carbocycles. The molecule has 6 heteroatoms. The molecule has 0 bridgehead atoms. The predicted octanol–water partition coefficient (Wildman–Crippen LogP) is -0.405. The molecule has 0 fully saturated rings. The van der Waals surface area contributed by atoms with Gasteiger partial charge < -0.3 is 4.84 Å². The molecule has 0 aromatic heterocycles. The van der Waals surface area contributed by atoms with Crippen LogP contribution in [0.25, 0.3) is 0 Å². The SMILES string of the molecule is CCS(=O)(=O)NC(C)(C)CON. The summed E-state index contributed by atoms with van der Waals surface area (Å²) in [6, 6.07) is 0. The van der Waals surface area contributed by atoms with Crippen LogP contribution in [0.1, 0.15) is 20.8 Å². The van der Waals surface area contributed by atoms with Crippen LogP contribution in [-0.4, -0.2) is 26.3 Å². The first-order chi connectivity index (χ1) is 5.33. The maximum Gasteiger partial charge on any atom is 0.211 e. The number of rotatable bonds is 5. The Morgan fingerprint density at radius 2 is 2.00 bits per heavy atom. The smallest absolute Gasteiger partial charge is 0.211 e.